The Bertz CT molecular complexity index is 492. The Balaban J connectivity index is 2.11. The second-order valence-electron chi connectivity index (χ2n) is 4.94. The molecule has 1 fully saturated rings. The number of nitrogens with zero attached hydrogens (tertiary/aromatic N) is 1. The Morgan fingerprint density at radius 1 is 1.58 bits per heavy atom. The highest BCUT2D eigenvalue weighted by atomic mass is 19.1. The number of halogens is 1. The van der Waals surface area contributed by atoms with E-state index >= 15 is 0 Å². The van der Waals surface area contributed by atoms with E-state index in [-0.39, 0.29) is 16.9 Å². The smallest absolute Gasteiger partial charge is 0.250 e. The van der Waals surface area contributed by atoms with Gasteiger partial charge in [-0.25, -0.2) is 4.39 Å². The van der Waals surface area contributed by atoms with Crippen LogP contribution in [0.25, 0.3) is 0 Å². The number of hydrogen-bond donors (Lipinski definition) is 3. The summed E-state index contributed by atoms with van der Waals surface area (Å²) >= 11 is 0. The monoisotopic (exact) mass is 266 g/mol. The first kappa shape index (κ1) is 13.6. The van der Waals surface area contributed by atoms with Crippen molar-refractivity contribution >= 4 is 17.3 Å². The van der Waals surface area contributed by atoms with E-state index in [9.17, 15) is 9.18 Å². The highest BCUT2D eigenvalue weighted by Gasteiger charge is 2.21. The van der Waals surface area contributed by atoms with E-state index in [0.717, 1.165) is 25.5 Å². The molecule has 0 radical (unpaired) electrons. The Morgan fingerprint density at radius 3 is 2.89 bits per heavy atom. The minimum Gasteiger partial charge on any atom is -0.398 e. The largest absolute Gasteiger partial charge is 0.398 e. The molecule has 104 valence electrons. The summed E-state index contributed by atoms with van der Waals surface area (Å²) in [5, 5.41) is 3.03. The fraction of sp³-hybridized carbons (Fsp3) is 0.462. The van der Waals surface area contributed by atoms with E-state index in [4.69, 9.17) is 11.5 Å². The molecule has 1 saturated heterocycles. The summed E-state index contributed by atoms with van der Waals surface area (Å²) in [6.07, 6.45) is 2.24. The lowest BCUT2D eigenvalue weighted by Gasteiger charge is -2.20. The molecule has 1 heterocycles. The third-order valence-corrected chi connectivity index (χ3v) is 3.60. The number of carbonyl (C=O) groups excluding carboxylic acids is 1. The standard InChI is InChI=1S/C13H19FN4O/c1-18-4-2-3-8(18)7-17-12-5-9(13(16)19)11(15)6-10(12)14/h5-6,8,17H,2-4,7,15H2,1H3,(H2,16,19). The first-order valence-corrected chi connectivity index (χ1v) is 6.32. The highest BCUT2D eigenvalue weighted by Crippen LogP contribution is 2.23. The van der Waals surface area contributed by atoms with Gasteiger partial charge < -0.3 is 21.7 Å². The molecule has 1 amide bonds. The molecule has 1 unspecified atom stereocenters. The SMILES string of the molecule is CN1CCCC1CNc1cc(C(N)=O)c(N)cc1F. The van der Waals surface area contributed by atoms with Gasteiger partial charge in [-0.15, -0.1) is 0 Å². The topological polar surface area (TPSA) is 84.4 Å². The summed E-state index contributed by atoms with van der Waals surface area (Å²) < 4.78 is 13.8. The lowest BCUT2D eigenvalue weighted by atomic mass is 10.1. The van der Waals surface area contributed by atoms with Crippen LogP contribution >= 0.6 is 0 Å². The van der Waals surface area contributed by atoms with Crippen LogP contribution in [-0.4, -0.2) is 37.0 Å². The van der Waals surface area contributed by atoms with Gasteiger partial charge in [0, 0.05) is 18.3 Å². The van der Waals surface area contributed by atoms with Gasteiger partial charge in [-0.1, -0.05) is 0 Å². The maximum atomic E-state index is 13.8. The van der Waals surface area contributed by atoms with Crippen LogP contribution in [0.2, 0.25) is 0 Å². The number of benzene rings is 1. The number of hydrogen-bond acceptors (Lipinski definition) is 4. The van der Waals surface area contributed by atoms with E-state index < -0.39 is 11.7 Å². The van der Waals surface area contributed by atoms with Crippen LogP contribution in [0.3, 0.4) is 0 Å². The number of nitrogens with two attached hydrogens (primary N) is 2. The van der Waals surface area contributed by atoms with Gasteiger partial charge in [-0.05, 0) is 38.6 Å². The van der Waals surface area contributed by atoms with Crippen molar-refractivity contribution < 1.29 is 9.18 Å². The van der Waals surface area contributed by atoms with E-state index in [2.05, 4.69) is 10.2 Å². The van der Waals surface area contributed by atoms with Gasteiger partial charge in [0.15, 0.2) is 0 Å². The zero-order valence-electron chi connectivity index (χ0n) is 10.9. The van der Waals surface area contributed by atoms with Crippen LogP contribution in [0, 0.1) is 5.82 Å². The van der Waals surface area contributed by atoms with Crippen molar-refractivity contribution in [3.8, 4) is 0 Å². The van der Waals surface area contributed by atoms with Gasteiger partial charge in [0.2, 0.25) is 0 Å². The molecule has 1 aliphatic rings. The number of likely N-dealkylation sites (N-methyl/N-ethyl adjacent to an activating group) is 1. The van der Waals surface area contributed by atoms with Crippen molar-refractivity contribution in [3.05, 3.63) is 23.5 Å². The number of nitrogen functional groups attached to an aromatic ring is 1. The Hall–Kier alpha value is -1.82. The number of rotatable bonds is 4. The van der Waals surface area contributed by atoms with Gasteiger partial charge in [-0.2, -0.15) is 0 Å². The second-order valence-corrected chi connectivity index (χ2v) is 4.94. The molecule has 1 aromatic carbocycles. The molecule has 6 heteroatoms. The summed E-state index contributed by atoms with van der Waals surface area (Å²) in [5.74, 6) is -1.12. The number of nitrogens with one attached hydrogen (secondary N) is 1. The summed E-state index contributed by atoms with van der Waals surface area (Å²) in [6.45, 7) is 1.69. The van der Waals surface area contributed by atoms with Crippen LogP contribution in [0.5, 0.6) is 0 Å². The maximum absolute atomic E-state index is 13.8. The number of anilines is 2. The van der Waals surface area contributed by atoms with Crippen LogP contribution in [0.1, 0.15) is 23.2 Å². The fourth-order valence-electron chi connectivity index (χ4n) is 2.40. The third kappa shape index (κ3) is 2.96. The quantitative estimate of drug-likeness (QED) is 0.710. The summed E-state index contributed by atoms with van der Waals surface area (Å²) in [5.41, 5.74) is 11.2. The number of amides is 1. The number of carbonyl (C=O) groups is 1. The highest BCUT2D eigenvalue weighted by molar-refractivity contribution is 5.99. The van der Waals surface area contributed by atoms with Crippen molar-refractivity contribution in [2.75, 3.05) is 31.2 Å². The van der Waals surface area contributed by atoms with Gasteiger partial charge in [0.25, 0.3) is 5.91 Å². The number of likely N-dealkylation sites (tertiary alicyclic amines) is 1. The van der Waals surface area contributed by atoms with Gasteiger partial charge in [0.05, 0.1) is 11.3 Å². The fourth-order valence-corrected chi connectivity index (χ4v) is 2.40. The first-order chi connectivity index (χ1) is 8.99. The molecule has 0 saturated carbocycles. The lowest BCUT2D eigenvalue weighted by Crippen LogP contribution is -2.31. The molecule has 5 N–H and O–H groups in total. The number of primary amides is 1. The predicted octanol–water partition coefficient (Wildman–Crippen LogP) is 1.01. The average molecular weight is 266 g/mol. The zero-order valence-corrected chi connectivity index (χ0v) is 10.9. The second kappa shape index (κ2) is 5.44. The van der Waals surface area contributed by atoms with Gasteiger partial charge in [-0.3, -0.25) is 4.79 Å². The van der Waals surface area contributed by atoms with Crippen molar-refractivity contribution in [3.63, 3.8) is 0 Å². The summed E-state index contributed by atoms with van der Waals surface area (Å²) in [6, 6.07) is 2.89. The molecule has 0 aliphatic carbocycles. The molecular weight excluding hydrogens is 247 g/mol. The van der Waals surface area contributed by atoms with Crippen molar-refractivity contribution in [1.82, 2.24) is 4.90 Å². The normalized spacial score (nSPS) is 19.6. The lowest BCUT2D eigenvalue weighted by molar-refractivity contribution is 0.100. The summed E-state index contributed by atoms with van der Waals surface area (Å²) in [4.78, 5) is 13.4. The van der Waals surface area contributed by atoms with Crippen LogP contribution in [0.4, 0.5) is 15.8 Å². The molecule has 0 aromatic heterocycles. The van der Waals surface area contributed by atoms with Crippen LogP contribution in [0.15, 0.2) is 12.1 Å². The van der Waals surface area contributed by atoms with Gasteiger partial charge >= 0.3 is 0 Å². The summed E-state index contributed by atoms with van der Waals surface area (Å²) in [7, 11) is 2.05. The van der Waals surface area contributed by atoms with Crippen molar-refractivity contribution in [1.29, 1.82) is 0 Å². The molecule has 1 aromatic rings. The predicted molar refractivity (Wildman–Crippen MR) is 73.5 cm³/mol. The maximum Gasteiger partial charge on any atom is 0.250 e. The Kier molecular flexibility index (Phi) is 3.90. The molecule has 1 atom stereocenters. The molecular formula is C13H19FN4O. The average Bonchev–Trinajstić information content (AvgIpc) is 2.73. The Labute approximate surface area is 111 Å². The molecule has 1 aliphatic heterocycles. The van der Waals surface area contributed by atoms with E-state index in [1.54, 1.807) is 0 Å². The van der Waals surface area contributed by atoms with Crippen LogP contribution in [-0.2, 0) is 0 Å². The minimum absolute atomic E-state index is 0.0635. The molecule has 19 heavy (non-hydrogen) atoms. The molecule has 2 rings (SSSR count). The van der Waals surface area contributed by atoms with E-state index in [0.29, 0.717) is 12.6 Å². The van der Waals surface area contributed by atoms with Crippen molar-refractivity contribution in [2.45, 2.75) is 18.9 Å². The van der Waals surface area contributed by atoms with Gasteiger partial charge in [0.1, 0.15) is 5.82 Å². The minimum atomic E-state index is -0.654. The third-order valence-electron chi connectivity index (χ3n) is 3.60. The molecule has 5 nitrogen and oxygen atoms in total. The van der Waals surface area contributed by atoms with E-state index in [1.165, 1.54) is 6.07 Å². The Morgan fingerprint density at radius 2 is 2.32 bits per heavy atom. The van der Waals surface area contributed by atoms with E-state index in [1.807, 2.05) is 7.05 Å². The zero-order chi connectivity index (χ0) is 14.0. The van der Waals surface area contributed by atoms with Crippen molar-refractivity contribution in [2.24, 2.45) is 5.73 Å². The first-order valence-electron chi connectivity index (χ1n) is 6.32. The molecule has 0 bridgehead atoms. The molecule has 0 spiro atoms. The van der Waals surface area contributed by atoms with Crippen LogP contribution < -0.4 is 16.8 Å².